The highest BCUT2D eigenvalue weighted by atomic mass is 35.5. The summed E-state index contributed by atoms with van der Waals surface area (Å²) in [7, 11) is 0. The molecule has 0 saturated carbocycles. The first-order valence-electron chi connectivity index (χ1n) is 4.62. The molecule has 1 aliphatic rings. The van der Waals surface area contributed by atoms with Crippen LogP contribution in [-0.2, 0) is 0 Å². The second-order valence-electron chi connectivity index (χ2n) is 3.54. The van der Waals surface area contributed by atoms with Crippen molar-refractivity contribution in [3.63, 3.8) is 0 Å². The van der Waals surface area contributed by atoms with Gasteiger partial charge in [-0.05, 0) is 36.8 Å². The lowest BCUT2D eigenvalue weighted by Gasteiger charge is -2.15. The van der Waals surface area contributed by atoms with Crippen molar-refractivity contribution in [3.05, 3.63) is 32.6 Å². The molecule has 0 aromatic carbocycles. The van der Waals surface area contributed by atoms with Crippen LogP contribution < -0.4 is 0 Å². The zero-order valence-electron chi connectivity index (χ0n) is 8.66. The lowest BCUT2D eigenvalue weighted by molar-refractivity contribution is 0.880. The molecule has 0 saturated heterocycles. The van der Waals surface area contributed by atoms with Gasteiger partial charge in [-0.2, -0.15) is 0 Å². The minimum Gasteiger partial charge on any atom is -0.268 e. The second-order valence-corrected chi connectivity index (χ2v) is 4.89. The maximum Gasteiger partial charge on any atom is 0.0450 e. The Morgan fingerprint density at radius 1 is 1.47 bits per heavy atom. The number of aliphatic imine (C=N–C) groups is 1. The topological polar surface area (TPSA) is 12.4 Å². The van der Waals surface area contributed by atoms with E-state index in [-0.39, 0.29) is 12.4 Å². The maximum atomic E-state index is 6.15. The van der Waals surface area contributed by atoms with E-state index in [2.05, 4.69) is 24.2 Å². The summed E-state index contributed by atoms with van der Waals surface area (Å²) in [4.78, 5) is 5.44. The van der Waals surface area contributed by atoms with E-state index in [1.807, 2.05) is 6.21 Å². The first-order chi connectivity index (χ1) is 6.70. The summed E-state index contributed by atoms with van der Waals surface area (Å²) in [6.45, 7) is 4.31. The number of hydrogen-bond acceptors (Lipinski definition) is 2. The monoisotopic (exact) mass is 261 g/mol. The highest BCUT2D eigenvalue weighted by Gasteiger charge is 2.20. The van der Waals surface area contributed by atoms with Crippen molar-refractivity contribution >= 4 is 41.6 Å². The Bertz CT molecular complexity index is 407. The van der Waals surface area contributed by atoms with Gasteiger partial charge in [0.15, 0.2) is 0 Å². The van der Waals surface area contributed by atoms with Gasteiger partial charge >= 0.3 is 0 Å². The molecule has 0 radical (unpaired) electrons. The van der Waals surface area contributed by atoms with Crippen molar-refractivity contribution in [1.29, 1.82) is 0 Å². The van der Waals surface area contributed by atoms with Gasteiger partial charge in [0.2, 0.25) is 0 Å². The second kappa shape index (κ2) is 5.15. The number of aryl methyl sites for hydroxylation is 1. The molecular formula is C11H13Cl2NS. The summed E-state index contributed by atoms with van der Waals surface area (Å²) in [6.07, 6.45) is 4.62. The largest absolute Gasteiger partial charge is 0.268 e. The normalized spacial score (nSPS) is 19.7. The van der Waals surface area contributed by atoms with Gasteiger partial charge < -0.3 is 0 Å². The molecule has 4 heteroatoms. The molecule has 15 heavy (non-hydrogen) atoms. The van der Waals surface area contributed by atoms with Crippen LogP contribution in [0.15, 0.2) is 21.6 Å². The molecule has 0 bridgehead atoms. The fraction of sp³-hybridized carbons (Fsp3) is 0.364. The molecule has 0 spiro atoms. The van der Waals surface area contributed by atoms with E-state index in [1.165, 1.54) is 16.0 Å². The van der Waals surface area contributed by atoms with Crippen molar-refractivity contribution in [2.24, 2.45) is 4.99 Å². The molecule has 2 heterocycles. The molecular weight excluding hydrogens is 249 g/mol. The molecule has 0 amide bonds. The summed E-state index contributed by atoms with van der Waals surface area (Å²) in [5, 5.41) is 3.05. The van der Waals surface area contributed by atoms with E-state index < -0.39 is 0 Å². The van der Waals surface area contributed by atoms with E-state index >= 15 is 0 Å². The third-order valence-corrected chi connectivity index (χ3v) is 4.29. The lowest BCUT2D eigenvalue weighted by atomic mass is 9.98. The summed E-state index contributed by atoms with van der Waals surface area (Å²) in [5.41, 5.74) is 2.74. The number of allylic oxidation sites excluding steroid dienone is 1. The van der Waals surface area contributed by atoms with Crippen LogP contribution in [0.1, 0.15) is 28.3 Å². The van der Waals surface area contributed by atoms with Gasteiger partial charge in [0, 0.05) is 28.2 Å². The summed E-state index contributed by atoms with van der Waals surface area (Å²) >= 11 is 7.95. The molecule has 2 rings (SSSR count). The van der Waals surface area contributed by atoms with Crippen molar-refractivity contribution in [2.45, 2.75) is 26.2 Å². The first kappa shape index (κ1) is 12.8. The van der Waals surface area contributed by atoms with Crippen LogP contribution in [0.3, 0.4) is 0 Å². The Labute approximate surface area is 105 Å². The molecule has 0 N–H and O–H groups in total. The standard InChI is InChI=1S/C11H12ClNS.ClH/c1-7-6-14-11(8(7)2)9-3-4-13-5-10(9)12;/h4-6,9H,3H2,1-2H3;1H. The van der Waals surface area contributed by atoms with Crippen LogP contribution in [-0.4, -0.2) is 6.21 Å². The smallest absolute Gasteiger partial charge is 0.0450 e. The molecule has 82 valence electrons. The van der Waals surface area contributed by atoms with Gasteiger partial charge in [0.25, 0.3) is 0 Å². The molecule has 0 fully saturated rings. The van der Waals surface area contributed by atoms with Crippen LogP contribution in [0, 0.1) is 13.8 Å². The van der Waals surface area contributed by atoms with Gasteiger partial charge in [-0.1, -0.05) is 11.6 Å². The molecule has 1 nitrogen and oxygen atoms in total. The quantitative estimate of drug-likeness (QED) is 0.710. The Kier molecular flexibility index (Phi) is 4.38. The van der Waals surface area contributed by atoms with Crippen LogP contribution in [0.5, 0.6) is 0 Å². The summed E-state index contributed by atoms with van der Waals surface area (Å²) in [5.74, 6) is 0.341. The van der Waals surface area contributed by atoms with Crippen LogP contribution in [0.25, 0.3) is 0 Å². The van der Waals surface area contributed by atoms with Gasteiger partial charge in [-0.25, -0.2) is 0 Å². The third-order valence-electron chi connectivity index (χ3n) is 2.62. The Morgan fingerprint density at radius 2 is 2.20 bits per heavy atom. The zero-order valence-corrected chi connectivity index (χ0v) is 11.0. The average molecular weight is 262 g/mol. The summed E-state index contributed by atoms with van der Waals surface area (Å²) < 4.78 is 0. The average Bonchev–Trinajstić information content (AvgIpc) is 2.49. The van der Waals surface area contributed by atoms with Gasteiger partial charge in [0.1, 0.15) is 0 Å². The van der Waals surface area contributed by atoms with E-state index in [1.54, 1.807) is 17.5 Å². The Morgan fingerprint density at radius 3 is 2.73 bits per heavy atom. The van der Waals surface area contributed by atoms with Crippen molar-refractivity contribution in [1.82, 2.24) is 0 Å². The number of halogens is 2. The van der Waals surface area contributed by atoms with E-state index in [0.29, 0.717) is 5.92 Å². The first-order valence-corrected chi connectivity index (χ1v) is 5.87. The van der Waals surface area contributed by atoms with Crippen molar-refractivity contribution < 1.29 is 0 Å². The van der Waals surface area contributed by atoms with E-state index in [0.717, 1.165) is 11.5 Å². The van der Waals surface area contributed by atoms with Crippen molar-refractivity contribution in [3.8, 4) is 0 Å². The fourth-order valence-electron chi connectivity index (χ4n) is 1.59. The van der Waals surface area contributed by atoms with Crippen LogP contribution >= 0.6 is 35.3 Å². The molecule has 1 atom stereocenters. The predicted molar refractivity (Wildman–Crippen MR) is 70.8 cm³/mol. The predicted octanol–water partition coefficient (Wildman–Crippen LogP) is 4.43. The SMILES string of the molecule is Cc1csc(C2CC=NC=C2Cl)c1C.Cl. The van der Waals surface area contributed by atoms with Gasteiger partial charge in [-0.15, -0.1) is 23.7 Å². The molecule has 0 aliphatic carbocycles. The molecule has 1 unspecified atom stereocenters. The Balaban J connectivity index is 0.00000112. The summed E-state index contributed by atoms with van der Waals surface area (Å²) in [6, 6.07) is 0. The molecule has 1 aromatic heterocycles. The molecule has 1 aromatic rings. The van der Waals surface area contributed by atoms with E-state index in [4.69, 9.17) is 11.6 Å². The number of hydrogen-bond donors (Lipinski definition) is 0. The lowest BCUT2D eigenvalue weighted by Crippen LogP contribution is -2.02. The highest BCUT2D eigenvalue weighted by molar-refractivity contribution is 7.10. The van der Waals surface area contributed by atoms with Crippen LogP contribution in [0.4, 0.5) is 0 Å². The fourth-order valence-corrected chi connectivity index (χ4v) is 3.12. The van der Waals surface area contributed by atoms with Crippen molar-refractivity contribution in [2.75, 3.05) is 0 Å². The minimum absolute atomic E-state index is 0. The number of thiophene rings is 1. The van der Waals surface area contributed by atoms with Crippen LogP contribution in [0.2, 0.25) is 0 Å². The van der Waals surface area contributed by atoms with Gasteiger partial charge in [0.05, 0.1) is 0 Å². The number of nitrogens with zero attached hydrogens (tertiary/aromatic N) is 1. The highest BCUT2D eigenvalue weighted by Crippen LogP contribution is 2.38. The number of rotatable bonds is 1. The zero-order chi connectivity index (χ0) is 10.1. The van der Waals surface area contributed by atoms with Gasteiger partial charge in [-0.3, -0.25) is 4.99 Å². The molecule has 1 aliphatic heterocycles. The van der Waals surface area contributed by atoms with E-state index in [9.17, 15) is 0 Å². The Hall–Kier alpha value is -0.310. The third kappa shape index (κ3) is 2.44. The minimum atomic E-state index is 0. The maximum absolute atomic E-state index is 6.15.